The van der Waals surface area contributed by atoms with Crippen LogP contribution in [0, 0.1) is 5.92 Å². The molecule has 132 valence electrons. The summed E-state index contributed by atoms with van der Waals surface area (Å²) >= 11 is 0. The molecule has 0 aromatic heterocycles. The topological polar surface area (TPSA) is 42.8 Å². The Morgan fingerprint density at radius 1 is 1.17 bits per heavy atom. The highest BCUT2D eigenvalue weighted by molar-refractivity contribution is 5.91. The second-order valence-corrected chi connectivity index (χ2v) is 6.83. The first-order chi connectivity index (χ1) is 11.6. The predicted octanol–water partition coefficient (Wildman–Crippen LogP) is 2.46. The van der Waals surface area contributed by atoms with Crippen LogP contribution >= 0.6 is 0 Å². The molecule has 1 aliphatic carbocycles. The number of fused-ring (bicyclic) bond motifs is 1. The lowest BCUT2D eigenvalue weighted by molar-refractivity contribution is -0.928. The van der Waals surface area contributed by atoms with E-state index in [2.05, 4.69) is 10.1 Å². The number of hydrogen-bond donors (Lipinski definition) is 2. The Bertz CT molecular complexity index is 548. The smallest absolute Gasteiger partial charge is 0.387 e. The van der Waals surface area contributed by atoms with Gasteiger partial charge in [0.2, 0.25) is 0 Å². The van der Waals surface area contributed by atoms with Crippen LogP contribution in [-0.4, -0.2) is 31.7 Å². The van der Waals surface area contributed by atoms with Crippen molar-refractivity contribution < 1.29 is 23.2 Å². The Balaban J connectivity index is 1.53. The van der Waals surface area contributed by atoms with E-state index in [9.17, 15) is 13.6 Å². The number of piperidine rings is 1. The standard InChI is InChI=1S/C18H24F2N2O2/c19-18(20)24-15-9-7-14(8-10-15)21-17(23)12-22-11-3-5-13-4-1-2-6-16(13)22/h7-10,13,16,18H,1-6,11-12H2,(H,21,23)/p+1/t13-,16+/m1/s1. The molecule has 2 aliphatic rings. The van der Waals surface area contributed by atoms with Gasteiger partial charge in [0.15, 0.2) is 6.54 Å². The average molecular weight is 339 g/mol. The van der Waals surface area contributed by atoms with Crippen molar-refractivity contribution in [1.82, 2.24) is 0 Å². The van der Waals surface area contributed by atoms with Crippen LogP contribution in [0.5, 0.6) is 5.75 Å². The van der Waals surface area contributed by atoms with Gasteiger partial charge < -0.3 is 15.0 Å². The molecular formula is C18H25F2N2O2+. The van der Waals surface area contributed by atoms with Crippen molar-refractivity contribution in [1.29, 1.82) is 0 Å². The molecule has 1 aromatic rings. The number of anilines is 1. The molecule has 24 heavy (non-hydrogen) atoms. The molecule has 1 aromatic carbocycles. The first-order valence-electron chi connectivity index (χ1n) is 8.81. The third-order valence-corrected chi connectivity index (χ3v) is 5.26. The van der Waals surface area contributed by atoms with E-state index in [1.165, 1.54) is 55.6 Å². The van der Waals surface area contributed by atoms with Gasteiger partial charge in [0.1, 0.15) is 5.75 Å². The zero-order valence-electron chi connectivity index (χ0n) is 13.8. The first kappa shape index (κ1) is 17.1. The fourth-order valence-corrected chi connectivity index (χ4v) is 4.22. The first-order valence-corrected chi connectivity index (χ1v) is 8.81. The number of carbonyl (C=O) groups is 1. The average Bonchev–Trinajstić information content (AvgIpc) is 2.56. The Labute approximate surface area is 141 Å². The zero-order chi connectivity index (χ0) is 16.9. The normalized spacial score (nSPS) is 26.7. The van der Waals surface area contributed by atoms with Gasteiger partial charge >= 0.3 is 6.61 Å². The van der Waals surface area contributed by atoms with Crippen LogP contribution in [0.25, 0.3) is 0 Å². The van der Waals surface area contributed by atoms with Gasteiger partial charge in [-0.05, 0) is 56.4 Å². The lowest BCUT2D eigenvalue weighted by Gasteiger charge is -2.40. The molecule has 0 bridgehead atoms. The van der Waals surface area contributed by atoms with E-state index in [1.807, 2.05) is 0 Å². The molecule has 1 aliphatic heterocycles. The summed E-state index contributed by atoms with van der Waals surface area (Å²) < 4.78 is 28.6. The fourth-order valence-electron chi connectivity index (χ4n) is 4.22. The number of benzene rings is 1. The van der Waals surface area contributed by atoms with E-state index in [0.29, 0.717) is 18.3 Å². The van der Waals surface area contributed by atoms with Crippen molar-refractivity contribution in [3.8, 4) is 5.75 Å². The van der Waals surface area contributed by atoms with Gasteiger partial charge in [-0.2, -0.15) is 8.78 Å². The molecule has 0 radical (unpaired) electrons. The highest BCUT2D eigenvalue weighted by atomic mass is 19.3. The number of nitrogens with one attached hydrogen (secondary N) is 2. The Morgan fingerprint density at radius 3 is 2.62 bits per heavy atom. The molecule has 3 rings (SSSR count). The third kappa shape index (κ3) is 4.44. The number of halogens is 2. The number of ether oxygens (including phenoxy) is 1. The molecular weight excluding hydrogens is 314 g/mol. The van der Waals surface area contributed by atoms with E-state index < -0.39 is 6.61 Å². The van der Waals surface area contributed by atoms with Gasteiger partial charge in [-0.25, -0.2) is 0 Å². The van der Waals surface area contributed by atoms with Gasteiger partial charge in [0, 0.05) is 11.6 Å². The second-order valence-electron chi connectivity index (χ2n) is 6.83. The lowest BCUT2D eigenvalue weighted by Crippen LogP contribution is -3.18. The number of amides is 1. The summed E-state index contributed by atoms with van der Waals surface area (Å²) in [6, 6.07) is 6.68. The van der Waals surface area contributed by atoms with E-state index in [4.69, 9.17) is 0 Å². The highest BCUT2D eigenvalue weighted by Gasteiger charge is 2.37. The molecule has 2 N–H and O–H groups in total. The minimum atomic E-state index is -2.84. The summed E-state index contributed by atoms with van der Waals surface area (Å²) in [5, 5.41) is 2.86. The molecule has 4 nitrogen and oxygen atoms in total. The number of rotatable bonds is 5. The maximum atomic E-state index is 12.3. The van der Waals surface area contributed by atoms with Gasteiger partial charge in [-0.3, -0.25) is 4.79 Å². The van der Waals surface area contributed by atoms with E-state index in [0.717, 1.165) is 12.5 Å². The number of carbonyl (C=O) groups excluding carboxylic acids is 1. The van der Waals surface area contributed by atoms with Crippen molar-refractivity contribution in [2.45, 2.75) is 51.2 Å². The molecule has 1 amide bonds. The SMILES string of the molecule is O=C(C[NH+]1CCC[C@H]2CCCC[C@@H]21)Nc1ccc(OC(F)F)cc1. The van der Waals surface area contributed by atoms with Gasteiger partial charge in [0.05, 0.1) is 12.6 Å². The molecule has 3 atom stereocenters. The zero-order valence-corrected chi connectivity index (χ0v) is 13.8. The van der Waals surface area contributed by atoms with Gasteiger partial charge in [-0.15, -0.1) is 0 Å². The van der Waals surface area contributed by atoms with Crippen molar-refractivity contribution in [2.75, 3.05) is 18.4 Å². The molecule has 1 unspecified atom stereocenters. The lowest BCUT2D eigenvalue weighted by atomic mass is 9.78. The van der Waals surface area contributed by atoms with E-state index in [-0.39, 0.29) is 11.7 Å². The number of alkyl halides is 2. The van der Waals surface area contributed by atoms with Crippen molar-refractivity contribution in [3.63, 3.8) is 0 Å². The monoisotopic (exact) mass is 339 g/mol. The van der Waals surface area contributed by atoms with Crippen molar-refractivity contribution >= 4 is 11.6 Å². The fraction of sp³-hybridized carbons (Fsp3) is 0.611. The summed E-state index contributed by atoms with van der Waals surface area (Å²) in [6.45, 7) is -1.29. The van der Waals surface area contributed by atoms with Crippen molar-refractivity contribution in [3.05, 3.63) is 24.3 Å². The quantitative estimate of drug-likeness (QED) is 0.865. The summed E-state index contributed by atoms with van der Waals surface area (Å²) in [7, 11) is 0. The molecule has 6 heteroatoms. The number of likely N-dealkylation sites (tertiary alicyclic amines) is 1. The van der Waals surface area contributed by atoms with Crippen LogP contribution in [0.2, 0.25) is 0 Å². The predicted molar refractivity (Wildman–Crippen MR) is 87.4 cm³/mol. The van der Waals surface area contributed by atoms with Crippen LogP contribution in [0.3, 0.4) is 0 Å². The van der Waals surface area contributed by atoms with Crippen molar-refractivity contribution in [2.24, 2.45) is 5.92 Å². The van der Waals surface area contributed by atoms with Gasteiger partial charge in [0.25, 0.3) is 5.91 Å². The van der Waals surface area contributed by atoms with Crippen LogP contribution in [0.1, 0.15) is 38.5 Å². The maximum absolute atomic E-state index is 12.3. The second kappa shape index (κ2) is 7.92. The Morgan fingerprint density at radius 2 is 1.88 bits per heavy atom. The highest BCUT2D eigenvalue weighted by Crippen LogP contribution is 2.28. The Kier molecular flexibility index (Phi) is 5.66. The molecule has 1 saturated heterocycles. The van der Waals surface area contributed by atoms with Gasteiger partial charge in [-0.1, -0.05) is 6.42 Å². The summed E-state index contributed by atoms with van der Waals surface area (Å²) in [4.78, 5) is 13.7. The van der Waals surface area contributed by atoms with E-state index >= 15 is 0 Å². The van der Waals surface area contributed by atoms with Crippen LogP contribution in [0.15, 0.2) is 24.3 Å². The minimum absolute atomic E-state index is 0.0150. The molecule has 1 saturated carbocycles. The minimum Gasteiger partial charge on any atom is -0.435 e. The number of hydrogen-bond acceptors (Lipinski definition) is 2. The van der Waals surface area contributed by atoms with Crippen LogP contribution < -0.4 is 15.0 Å². The Hall–Kier alpha value is -1.69. The molecule has 1 heterocycles. The molecule has 2 fully saturated rings. The van der Waals surface area contributed by atoms with Crippen LogP contribution in [0.4, 0.5) is 14.5 Å². The maximum Gasteiger partial charge on any atom is 0.387 e. The summed E-state index contributed by atoms with van der Waals surface area (Å²) in [5.41, 5.74) is 0.609. The number of quaternary nitrogens is 1. The summed E-state index contributed by atoms with van der Waals surface area (Å²) in [6.07, 6.45) is 7.64. The summed E-state index contributed by atoms with van der Waals surface area (Å²) in [5.74, 6) is 0.856. The van der Waals surface area contributed by atoms with Crippen LogP contribution in [-0.2, 0) is 4.79 Å². The largest absolute Gasteiger partial charge is 0.435 e. The third-order valence-electron chi connectivity index (χ3n) is 5.26. The van der Waals surface area contributed by atoms with E-state index in [1.54, 1.807) is 12.1 Å². The molecule has 0 spiro atoms.